The molecule has 4 rings (SSSR count). The highest BCUT2D eigenvalue weighted by atomic mass is 16.5. The van der Waals surface area contributed by atoms with Gasteiger partial charge in [-0.15, -0.1) is 0 Å². The van der Waals surface area contributed by atoms with Gasteiger partial charge in [0.1, 0.15) is 12.0 Å². The minimum atomic E-state index is -0.222. The molecule has 1 spiro atoms. The number of carbonyl (C=O) groups excluding carboxylic acids is 2. The van der Waals surface area contributed by atoms with Crippen molar-refractivity contribution in [3.63, 3.8) is 0 Å². The standard InChI is InChI=1S/C21H25N5O3/c1-2-18(27)20-17(26-19(28)10-23-9-16-3-4-22-13-25-16)5-14(8-24-20)15-6-21(7-15)11-29-12-21/h3-5,8,13,15,23H,2,6-7,9-12H2,1H3,(H,26,28). The van der Waals surface area contributed by atoms with Crippen molar-refractivity contribution in [2.45, 2.75) is 38.6 Å². The lowest BCUT2D eigenvalue weighted by Crippen LogP contribution is -2.51. The lowest BCUT2D eigenvalue weighted by molar-refractivity contribution is -0.164. The summed E-state index contributed by atoms with van der Waals surface area (Å²) in [5, 5.41) is 5.91. The zero-order valence-corrected chi connectivity index (χ0v) is 16.5. The van der Waals surface area contributed by atoms with Crippen LogP contribution in [0.4, 0.5) is 5.69 Å². The van der Waals surface area contributed by atoms with Crippen LogP contribution in [0.3, 0.4) is 0 Å². The first-order chi connectivity index (χ1) is 14.1. The molecule has 29 heavy (non-hydrogen) atoms. The Labute approximate surface area is 169 Å². The van der Waals surface area contributed by atoms with Gasteiger partial charge in [0.25, 0.3) is 0 Å². The highest BCUT2D eigenvalue weighted by molar-refractivity contribution is 6.03. The maximum Gasteiger partial charge on any atom is 0.238 e. The molecule has 1 aliphatic carbocycles. The van der Waals surface area contributed by atoms with E-state index in [1.54, 1.807) is 25.4 Å². The third kappa shape index (κ3) is 4.33. The number of nitrogens with zero attached hydrogens (tertiary/aromatic N) is 3. The number of ketones is 1. The fourth-order valence-corrected chi connectivity index (χ4v) is 3.96. The van der Waals surface area contributed by atoms with Crippen molar-refractivity contribution in [2.24, 2.45) is 5.41 Å². The summed E-state index contributed by atoms with van der Waals surface area (Å²) in [4.78, 5) is 37.1. The van der Waals surface area contributed by atoms with Gasteiger partial charge >= 0.3 is 0 Å². The van der Waals surface area contributed by atoms with Crippen molar-refractivity contribution in [2.75, 3.05) is 25.1 Å². The molecule has 152 valence electrons. The Hall–Kier alpha value is -2.71. The number of hydrogen-bond acceptors (Lipinski definition) is 7. The van der Waals surface area contributed by atoms with Gasteiger partial charge in [-0.25, -0.2) is 9.97 Å². The zero-order valence-electron chi connectivity index (χ0n) is 16.5. The summed E-state index contributed by atoms with van der Waals surface area (Å²) in [7, 11) is 0. The van der Waals surface area contributed by atoms with Gasteiger partial charge in [-0.2, -0.15) is 0 Å². The van der Waals surface area contributed by atoms with Crippen LogP contribution in [0.25, 0.3) is 0 Å². The summed E-state index contributed by atoms with van der Waals surface area (Å²) in [5.74, 6) is 0.0996. The van der Waals surface area contributed by atoms with Gasteiger partial charge in [0.05, 0.1) is 31.1 Å². The van der Waals surface area contributed by atoms with Crippen molar-refractivity contribution in [3.05, 3.63) is 47.8 Å². The van der Waals surface area contributed by atoms with Crippen LogP contribution in [-0.2, 0) is 16.1 Å². The van der Waals surface area contributed by atoms with E-state index in [1.807, 2.05) is 6.07 Å². The molecule has 1 aliphatic heterocycles. The van der Waals surface area contributed by atoms with E-state index in [-0.39, 0.29) is 18.2 Å². The number of anilines is 1. The van der Waals surface area contributed by atoms with Crippen molar-refractivity contribution in [1.29, 1.82) is 0 Å². The van der Waals surface area contributed by atoms with E-state index in [4.69, 9.17) is 4.74 Å². The number of Topliss-reactive ketones (excluding diaryl/α,β-unsaturated/α-hetero) is 1. The van der Waals surface area contributed by atoms with Crippen LogP contribution < -0.4 is 10.6 Å². The second kappa shape index (κ2) is 8.34. The molecule has 3 heterocycles. The second-order valence-corrected chi connectivity index (χ2v) is 7.89. The van der Waals surface area contributed by atoms with Crippen LogP contribution in [0, 0.1) is 5.41 Å². The molecular weight excluding hydrogens is 370 g/mol. The lowest BCUT2D eigenvalue weighted by atomic mass is 9.59. The van der Waals surface area contributed by atoms with Crippen LogP contribution in [0.5, 0.6) is 0 Å². The summed E-state index contributed by atoms with van der Waals surface area (Å²) >= 11 is 0. The van der Waals surface area contributed by atoms with Gasteiger partial charge in [0.15, 0.2) is 5.78 Å². The summed E-state index contributed by atoms with van der Waals surface area (Å²) in [6.07, 6.45) is 7.39. The smallest absolute Gasteiger partial charge is 0.238 e. The zero-order chi connectivity index (χ0) is 20.3. The predicted octanol–water partition coefficient (Wildman–Crippen LogP) is 2.09. The maximum atomic E-state index is 12.4. The SMILES string of the molecule is CCC(=O)c1ncc(C2CC3(COC3)C2)cc1NC(=O)CNCc1ccncn1. The van der Waals surface area contributed by atoms with Gasteiger partial charge < -0.3 is 15.4 Å². The number of aromatic nitrogens is 3. The molecule has 1 saturated heterocycles. The van der Waals surface area contributed by atoms with Crippen LogP contribution in [0.15, 0.2) is 30.9 Å². The van der Waals surface area contributed by atoms with Crippen molar-refractivity contribution in [1.82, 2.24) is 20.3 Å². The molecule has 8 heteroatoms. The molecule has 0 aromatic carbocycles. The quantitative estimate of drug-likeness (QED) is 0.659. The third-order valence-corrected chi connectivity index (χ3v) is 5.65. The Bertz CT molecular complexity index is 890. The minimum absolute atomic E-state index is 0.0849. The Morgan fingerprint density at radius 2 is 2.10 bits per heavy atom. The number of carbonyl (C=O) groups is 2. The average molecular weight is 395 g/mol. The molecule has 0 bridgehead atoms. The summed E-state index contributed by atoms with van der Waals surface area (Å²) < 4.78 is 5.34. The number of nitrogens with one attached hydrogen (secondary N) is 2. The molecule has 0 radical (unpaired) electrons. The molecule has 2 N–H and O–H groups in total. The number of pyridine rings is 1. The topological polar surface area (TPSA) is 106 Å². The normalized spacial score (nSPS) is 17.4. The molecule has 1 saturated carbocycles. The van der Waals surface area contributed by atoms with Gasteiger partial charge in [0.2, 0.25) is 5.91 Å². The van der Waals surface area contributed by atoms with Crippen molar-refractivity contribution in [3.8, 4) is 0 Å². The Kier molecular flexibility index (Phi) is 5.64. The number of rotatable bonds is 8. The molecule has 2 aromatic rings. The molecule has 0 unspecified atom stereocenters. The maximum absolute atomic E-state index is 12.4. The van der Waals surface area contributed by atoms with E-state index in [1.165, 1.54) is 6.33 Å². The van der Waals surface area contributed by atoms with Gasteiger partial charge in [0, 0.05) is 30.8 Å². The first-order valence-corrected chi connectivity index (χ1v) is 9.95. The van der Waals surface area contributed by atoms with Crippen LogP contribution >= 0.6 is 0 Å². The molecule has 2 fully saturated rings. The minimum Gasteiger partial charge on any atom is -0.380 e. The molecule has 0 atom stereocenters. The van der Waals surface area contributed by atoms with Crippen molar-refractivity contribution >= 4 is 17.4 Å². The van der Waals surface area contributed by atoms with E-state index in [2.05, 4.69) is 25.6 Å². The first-order valence-electron chi connectivity index (χ1n) is 9.95. The average Bonchev–Trinajstić information content (AvgIpc) is 2.66. The van der Waals surface area contributed by atoms with Crippen LogP contribution in [-0.4, -0.2) is 46.4 Å². The number of amides is 1. The molecule has 2 aromatic heterocycles. The number of ether oxygens (including phenoxy) is 1. The Morgan fingerprint density at radius 3 is 2.76 bits per heavy atom. The lowest BCUT2D eigenvalue weighted by Gasteiger charge is -2.53. The summed E-state index contributed by atoms with van der Waals surface area (Å²) in [6, 6.07) is 3.70. The fourth-order valence-electron chi connectivity index (χ4n) is 3.96. The molecule has 8 nitrogen and oxygen atoms in total. The summed E-state index contributed by atoms with van der Waals surface area (Å²) in [6.45, 7) is 4.04. The highest BCUT2D eigenvalue weighted by Gasteiger charge is 2.50. The van der Waals surface area contributed by atoms with Crippen molar-refractivity contribution < 1.29 is 14.3 Å². The van der Waals surface area contributed by atoms with E-state index < -0.39 is 0 Å². The predicted molar refractivity (Wildman–Crippen MR) is 106 cm³/mol. The second-order valence-electron chi connectivity index (χ2n) is 7.89. The van der Waals surface area contributed by atoms with E-state index in [9.17, 15) is 9.59 Å². The first kappa shape index (κ1) is 19.6. The molecular formula is C21H25N5O3. The van der Waals surface area contributed by atoms with E-state index >= 15 is 0 Å². The van der Waals surface area contributed by atoms with E-state index in [0.29, 0.717) is 35.7 Å². The molecule has 1 amide bonds. The highest BCUT2D eigenvalue weighted by Crippen LogP contribution is 2.55. The van der Waals surface area contributed by atoms with Gasteiger partial charge in [-0.05, 0) is 36.5 Å². The molecule has 2 aliphatic rings. The number of hydrogen-bond donors (Lipinski definition) is 2. The van der Waals surface area contributed by atoms with E-state index in [0.717, 1.165) is 37.3 Å². The van der Waals surface area contributed by atoms with Crippen LogP contribution in [0.2, 0.25) is 0 Å². The van der Waals surface area contributed by atoms with Gasteiger partial charge in [-0.1, -0.05) is 6.92 Å². The third-order valence-electron chi connectivity index (χ3n) is 5.65. The summed E-state index contributed by atoms with van der Waals surface area (Å²) in [5.41, 5.74) is 3.03. The monoisotopic (exact) mass is 395 g/mol. The fraction of sp³-hybridized carbons (Fsp3) is 0.476. The van der Waals surface area contributed by atoms with Crippen LogP contribution in [0.1, 0.15) is 53.8 Å². The van der Waals surface area contributed by atoms with Gasteiger partial charge in [-0.3, -0.25) is 14.6 Å². The Balaban J connectivity index is 1.40. The largest absolute Gasteiger partial charge is 0.380 e. The Morgan fingerprint density at radius 1 is 1.28 bits per heavy atom.